The lowest BCUT2D eigenvalue weighted by atomic mass is 9.74. The lowest BCUT2D eigenvalue weighted by Crippen LogP contribution is -2.49. The van der Waals surface area contributed by atoms with Crippen LogP contribution in [0.2, 0.25) is 0 Å². The Morgan fingerprint density at radius 3 is 2.61 bits per heavy atom. The van der Waals surface area contributed by atoms with Gasteiger partial charge in [0.2, 0.25) is 0 Å². The number of likely N-dealkylation sites (tertiary alicyclic amines) is 1. The largest absolute Gasteiger partial charge is 0.486 e. The zero-order valence-electron chi connectivity index (χ0n) is 17.7. The molecule has 1 amide bonds. The number of carbonyl (C=O) groups excluding carboxylic acids is 1. The summed E-state index contributed by atoms with van der Waals surface area (Å²) in [6.45, 7) is 2.89. The van der Waals surface area contributed by atoms with Gasteiger partial charge in [-0.2, -0.15) is 0 Å². The van der Waals surface area contributed by atoms with Gasteiger partial charge < -0.3 is 24.6 Å². The van der Waals surface area contributed by atoms with Gasteiger partial charge in [-0.05, 0) is 43.4 Å². The number of rotatable bonds is 2. The van der Waals surface area contributed by atoms with Crippen molar-refractivity contribution >= 4 is 5.91 Å². The second kappa shape index (κ2) is 7.84. The summed E-state index contributed by atoms with van der Waals surface area (Å²) in [5.74, 6) is 0.966. The lowest BCUT2D eigenvalue weighted by molar-refractivity contribution is -0.0612. The number of fused-ring (bicyclic) bond motifs is 2. The average Bonchev–Trinajstić information content (AvgIpc) is 3.06. The van der Waals surface area contributed by atoms with Gasteiger partial charge in [0.15, 0.2) is 11.5 Å². The van der Waals surface area contributed by atoms with Crippen LogP contribution in [0.5, 0.6) is 11.5 Å². The Morgan fingerprint density at radius 1 is 1.03 bits per heavy atom. The van der Waals surface area contributed by atoms with Gasteiger partial charge >= 0.3 is 0 Å². The third-order valence-electron chi connectivity index (χ3n) is 7.30. The van der Waals surface area contributed by atoms with E-state index in [1.165, 1.54) is 0 Å². The first-order valence-electron chi connectivity index (χ1n) is 11.1. The molecule has 3 aliphatic rings. The van der Waals surface area contributed by atoms with Crippen molar-refractivity contribution in [3.05, 3.63) is 59.7 Å². The van der Waals surface area contributed by atoms with Crippen LogP contribution in [0.3, 0.4) is 0 Å². The summed E-state index contributed by atoms with van der Waals surface area (Å²) in [6, 6.07) is 15.0. The van der Waals surface area contributed by atoms with Gasteiger partial charge in [-0.15, -0.1) is 0 Å². The van der Waals surface area contributed by atoms with Crippen LogP contribution in [-0.2, 0) is 0 Å². The predicted molar refractivity (Wildman–Crippen MR) is 115 cm³/mol. The van der Waals surface area contributed by atoms with Crippen LogP contribution in [0.15, 0.2) is 48.5 Å². The van der Waals surface area contributed by atoms with E-state index in [-0.39, 0.29) is 18.0 Å². The van der Waals surface area contributed by atoms with E-state index in [0.717, 1.165) is 18.4 Å². The van der Waals surface area contributed by atoms with Gasteiger partial charge in [0, 0.05) is 11.5 Å². The van der Waals surface area contributed by atoms with E-state index in [1.54, 1.807) is 6.07 Å². The lowest BCUT2D eigenvalue weighted by Gasteiger charge is -2.38. The zero-order valence-corrected chi connectivity index (χ0v) is 17.7. The summed E-state index contributed by atoms with van der Waals surface area (Å²) >= 11 is 0. The van der Waals surface area contributed by atoms with Crippen molar-refractivity contribution in [3.63, 3.8) is 0 Å². The molecule has 5 atom stereocenters. The summed E-state index contributed by atoms with van der Waals surface area (Å²) in [6.07, 6.45) is 0.986. The maximum absolute atomic E-state index is 14.0. The first kappa shape index (κ1) is 20.3. The first-order chi connectivity index (χ1) is 15.0. The second-order valence-corrected chi connectivity index (χ2v) is 9.14. The fourth-order valence-corrected chi connectivity index (χ4v) is 5.71. The maximum Gasteiger partial charge on any atom is 0.258 e. The third-order valence-corrected chi connectivity index (χ3v) is 7.30. The standard InChI is InChI=1S/C25H29NO5/c1-25-15-18(16-7-3-2-4-8-16)26(21(25)12-6-10-19(27)23(25)28)24(29)17-9-5-11-20-22(17)31-14-13-30-20/h2-5,7-9,11,18-19,21,23,27-28H,6,10,12-15H2,1H3/t18-,19+,21-,23+,25-/m1/s1. The van der Waals surface area contributed by atoms with E-state index in [1.807, 2.05) is 54.3 Å². The van der Waals surface area contributed by atoms with Gasteiger partial charge in [0.1, 0.15) is 13.2 Å². The molecule has 0 radical (unpaired) electrons. The molecule has 164 valence electrons. The van der Waals surface area contributed by atoms with Crippen LogP contribution in [0, 0.1) is 5.41 Å². The van der Waals surface area contributed by atoms with E-state index in [2.05, 4.69) is 0 Å². The highest BCUT2D eigenvalue weighted by Crippen LogP contribution is 2.54. The van der Waals surface area contributed by atoms with Crippen LogP contribution in [0.1, 0.15) is 54.6 Å². The minimum absolute atomic E-state index is 0.117. The third kappa shape index (κ3) is 3.29. The van der Waals surface area contributed by atoms with Crippen molar-refractivity contribution in [2.45, 2.75) is 56.9 Å². The fourth-order valence-electron chi connectivity index (χ4n) is 5.71. The molecule has 2 heterocycles. The fraction of sp³-hybridized carbons (Fsp3) is 0.480. The molecule has 5 rings (SSSR count). The molecule has 6 nitrogen and oxygen atoms in total. The molecule has 0 spiro atoms. The summed E-state index contributed by atoms with van der Waals surface area (Å²) < 4.78 is 11.5. The Bertz CT molecular complexity index is 964. The van der Waals surface area contributed by atoms with Crippen LogP contribution in [0.25, 0.3) is 0 Å². The molecular weight excluding hydrogens is 394 g/mol. The Balaban J connectivity index is 1.61. The zero-order chi connectivity index (χ0) is 21.6. The number of aliphatic hydroxyl groups excluding tert-OH is 2. The average molecular weight is 424 g/mol. The minimum atomic E-state index is -0.881. The highest BCUT2D eigenvalue weighted by Gasteiger charge is 2.57. The smallest absolute Gasteiger partial charge is 0.258 e. The van der Waals surface area contributed by atoms with Crippen molar-refractivity contribution < 1.29 is 24.5 Å². The molecule has 0 unspecified atom stereocenters. The Kier molecular flexibility index (Phi) is 5.15. The van der Waals surface area contributed by atoms with Gasteiger partial charge in [0.05, 0.1) is 23.8 Å². The summed E-state index contributed by atoms with van der Waals surface area (Å²) in [7, 11) is 0. The number of carbonyl (C=O) groups is 1. The van der Waals surface area contributed by atoms with Crippen molar-refractivity contribution in [2.24, 2.45) is 5.41 Å². The Labute approximate surface area is 182 Å². The molecule has 2 N–H and O–H groups in total. The highest BCUT2D eigenvalue weighted by atomic mass is 16.6. The van der Waals surface area contributed by atoms with Crippen LogP contribution in [0.4, 0.5) is 0 Å². The molecule has 0 aromatic heterocycles. The predicted octanol–water partition coefficient (Wildman–Crippen LogP) is 3.33. The second-order valence-electron chi connectivity index (χ2n) is 9.14. The molecular formula is C25H29NO5. The number of nitrogens with zero attached hydrogens (tertiary/aromatic N) is 1. The van der Waals surface area contributed by atoms with Gasteiger partial charge in [-0.1, -0.05) is 43.3 Å². The van der Waals surface area contributed by atoms with E-state index in [4.69, 9.17) is 9.47 Å². The summed E-state index contributed by atoms with van der Waals surface area (Å²) in [5.41, 5.74) is 0.925. The Hall–Kier alpha value is -2.57. The van der Waals surface area contributed by atoms with Crippen molar-refractivity contribution in [3.8, 4) is 11.5 Å². The molecule has 31 heavy (non-hydrogen) atoms. The van der Waals surface area contributed by atoms with Crippen LogP contribution < -0.4 is 9.47 Å². The summed E-state index contributed by atoms with van der Waals surface area (Å²) in [4.78, 5) is 16.0. The molecule has 2 fully saturated rings. The molecule has 6 heteroatoms. The number of aliphatic hydroxyl groups is 2. The molecule has 1 saturated carbocycles. The number of amides is 1. The van der Waals surface area contributed by atoms with Crippen molar-refractivity contribution in [1.29, 1.82) is 0 Å². The summed E-state index contributed by atoms with van der Waals surface area (Å²) in [5, 5.41) is 21.6. The van der Waals surface area contributed by atoms with Crippen molar-refractivity contribution in [1.82, 2.24) is 4.90 Å². The molecule has 2 aromatic carbocycles. The molecule has 0 bridgehead atoms. The monoisotopic (exact) mass is 423 g/mol. The number of benzene rings is 2. The van der Waals surface area contributed by atoms with Gasteiger partial charge in [-0.25, -0.2) is 0 Å². The number of hydrogen-bond acceptors (Lipinski definition) is 5. The molecule has 1 saturated heterocycles. The van der Waals surface area contributed by atoms with E-state index >= 15 is 0 Å². The molecule has 1 aliphatic carbocycles. The van der Waals surface area contributed by atoms with Gasteiger partial charge in [0.25, 0.3) is 5.91 Å². The topological polar surface area (TPSA) is 79.2 Å². The number of para-hydroxylation sites is 1. The van der Waals surface area contributed by atoms with Crippen LogP contribution >= 0.6 is 0 Å². The number of ether oxygens (including phenoxy) is 2. The van der Waals surface area contributed by atoms with Crippen molar-refractivity contribution in [2.75, 3.05) is 13.2 Å². The minimum Gasteiger partial charge on any atom is -0.486 e. The highest BCUT2D eigenvalue weighted by molar-refractivity contribution is 5.98. The number of hydrogen-bond donors (Lipinski definition) is 2. The normalized spacial score (nSPS) is 32.3. The van der Waals surface area contributed by atoms with E-state index < -0.39 is 17.6 Å². The maximum atomic E-state index is 14.0. The first-order valence-corrected chi connectivity index (χ1v) is 11.1. The Morgan fingerprint density at radius 2 is 1.81 bits per heavy atom. The molecule has 2 aliphatic heterocycles. The van der Waals surface area contributed by atoms with Gasteiger partial charge in [-0.3, -0.25) is 4.79 Å². The quantitative estimate of drug-likeness (QED) is 0.775. The van der Waals surface area contributed by atoms with E-state index in [9.17, 15) is 15.0 Å². The molecule has 2 aromatic rings. The van der Waals surface area contributed by atoms with E-state index in [0.29, 0.717) is 43.1 Å². The SMILES string of the molecule is C[C@@]12C[C@H](c3ccccc3)N(C(=O)c3cccc4c3OCCO4)[C@@H]1CCC[C@H](O)[C@@H]2O. The van der Waals surface area contributed by atoms with Crippen LogP contribution in [-0.4, -0.2) is 52.5 Å².